The molecule has 0 fully saturated rings. The van der Waals surface area contributed by atoms with Gasteiger partial charge in [0.05, 0.1) is 21.2 Å². The molecule has 4 rings (SSSR count). The van der Waals surface area contributed by atoms with Crippen molar-refractivity contribution in [2.75, 3.05) is 10.8 Å². The van der Waals surface area contributed by atoms with E-state index in [1.54, 1.807) is 50.2 Å². The first-order valence-corrected chi connectivity index (χ1v) is 16.3. The summed E-state index contributed by atoms with van der Waals surface area (Å²) in [4.78, 5) is 28.9. The highest BCUT2D eigenvalue weighted by molar-refractivity contribution is 7.92. The first kappa shape index (κ1) is 35.4. The van der Waals surface area contributed by atoms with Crippen LogP contribution in [0.5, 0.6) is 0 Å². The van der Waals surface area contributed by atoms with Crippen LogP contribution in [0, 0.1) is 5.82 Å². The Hall–Kier alpha value is -4.42. The summed E-state index contributed by atoms with van der Waals surface area (Å²) in [5.74, 6) is -2.00. The van der Waals surface area contributed by atoms with Crippen molar-refractivity contribution in [1.29, 1.82) is 0 Å². The Morgan fingerprint density at radius 2 is 1.45 bits per heavy atom. The highest BCUT2D eigenvalue weighted by Crippen LogP contribution is 2.37. The predicted molar refractivity (Wildman–Crippen MR) is 172 cm³/mol. The van der Waals surface area contributed by atoms with Gasteiger partial charge in [-0.05, 0) is 67.4 Å². The molecule has 1 atom stereocenters. The van der Waals surface area contributed by atoms with Gasteiger partial charge in [0, 0.05) is 19.0 Å². The summed E-state index contributed by atoms with van der Waals surface area (Å²) < 4.78 is 83.8. The van der Waals surface area contributed by atoms with Gasteiger partial charge in [-0.1, -0.05) is 72.3 Å². The van der Waals surface area contributed by atoms with E-state index >= 15 is 0 Å². The second-order valence-corrected chi connectivity index (χ2v) is 13.3. The van der Waals surface area contributed by atoms with E-state index in [2.05, 4.69) is 5.32 Å². The lowest BCUT2D eigenvalue weighted by Crippen LogP contribution is -2.54. The Bertz CT molecular complexity index is 1790. The summed E-state index contributed by atoms with van der Waals surface area (Å²) in [5, 5.41) is 2.44. The zero-order valence-electron chi connectivity index (χ0n) is 25.4. The Balaban J connectivity index is 1.87. The van der Waals surface area contributed by atoms with Crippen molar-refractivity contribution < 1.29 is 35.6 Å². The van der Waals surface area contributed by atoms with Gasteiger partial charge in [0.25, 0.3) is 10.0 Å². The molecule has 7 nitrogen and oxygen atoms in total. The third-order valence-corrected chi connectivity index (χ3v) is 9.21. The van der Waals surface area contributed by atoms with Crippen molar-refractivity contribution >= 4 is 39.1 Å². The van der Waals surface area contributed by atoms with Crippen molar-refractivity contribution in [2.24, 2.45) is 0 Å². The number of sulfonamides is 1. The monoisotopic (exact) mass is 689 g/mol. The first-order valence-electron chi connectivity index (χ1n) is 14.5. The molecule has 13 heteroatoms. The van der Waals surface area contributed by atoms with E-state index in [0.717, 1.165) is 11.0 Å². The van der Waals surface area contributed by atoms with Crippen molar-refractivity contribution in [3.8, 4) is 0 Å². The molecule has 0 aromatic heterocycles. The third kappa shape index (κ3) is 9.11. The normalized spacial score (nSPS) is 12.4. The summed E-state index contributed by atoms with van der Waals surface area (Å²) in [5.41, 5.74) is -0.654. The van der Waals surface area contributed by atoms with Crippen molar-refractivity contribution in [1.82, 2.24) is 10.2 Å². The number of hydrogen-bond acceptors (Lipinski definition) is 4. The minimum Gasteiger partial charge on any atom is -0.352 e. The van der Waals surface area contributed by atoms with Gasteiger partial charge >= 0.3 is 6.18 Å². The number of carbonyl (C=O) groups excluding carboxylic acids is 2. The molecule has 1 N–H and O–H groups in total. The van der Waals surface area contributed by atoms with Crippen molar-refractivity contribution in [2.45, 2.75) is 50.0 Å². The zero-order chi connectivity index (χ0) is 34.4. The van der Waals surface area contributed by atoms with Gasteiger partial charge < -0.3 is 10.2 Å². The summed E-state index contributed by atoms with van der Waals surface area (Å²) in [6, 6.07) is 21.5. The number of alkyl halides is 3. The van der Waals surface area contributed by atoms with Crippen LogP contribution in [0.25, 0.3) is 0 Å². The van der Waals surface area contributed by atoms with Crippen LogP contribution in [0.4, 0.5) is 23.2 Å². The molecule has 47 heavy (non-hydrogen) atoms. The van der Waals surface area contributed by atoms with Gasteiger partial charge in [-0.3, -0.25) is 13.9 Å². The van der Waals surface area contributed by atoms with Gasteiger partial charge in [-0.2, -0.15) is 13.2 Å². The maximum Gasteiger partial charge on any atom is 0.416 e. The summed E-state index contributed by atoms with van der Waals surface area (Å²) >= 11 is 6.32. The number of halogens is 5. The van der Waals surface area contributed by atoms with Crippen LogP contribution in [0.2, 0.25) is 5.02 Å². The SMILES string of the molecule is CC(C)NC(=O)C(Cc1ccccc1)N(Cc1ccc(F)cc1)C(=O)CN(c1cc(C(F)(F)F)ccc1Cl)S(=O)(=O)c1ccccc1. The van der Waals surface area contributed by atoms with Crippen molar-refractivity contribution in [3.05, 3.63) is 131 Å². The number of benzene rings is 4. The fourth-order valence-corrected chi connectivity index (χ4v) is 6.55. The number of nitrogens with zero attached hydrogens (tertiary/aromatic N) is 2. The number of anilines is 1. The third-order valence-electron chi connectivity index (χ3n) is 7.12. The molecule has 4 aromatic carbocycles. The summed E-state index contributed by atoms with van der Waals surface area (Å²) in [6.07, 6.45) is -4.84. The lowest BCUT2D eigenvalue weighted by molar-refractivity contribution is -0.140. The number of hydrogen-bond donors (Lipinski definition) is 1. The van der Waals surface area contributed by atoms with E-state index in [9.17, 15) is 35.6 Å². The molecule has 0 bridgehead atoms. The van der Waals surface area contributed by atoms with Gasteiger partial charge in [-0.25, -0.2) is 12.8 Å². The van der Waals surface area contributed by atoms with E-state index in [1.807, 2.05) is 0 Å². The molecule has 4 aromatic rings. The number of amides is 2. The lowest BCUT2D eigenvalue weighted by Gasteiger charge is -2.34. The maximum atomic E-state index is 14.4. The van der Waals surface area contributed by atoms with Crippen molar-refractivity contribution in [3.63, 3.8) is 0 Å². The van der Waals surface area contributed by atoms with Gasteiger partial charge in [0.15, 0.2) is 0 Å². The molecule has 0 aliphatic rings. The highest BCUT2D eigenvalue weighted by Gasteiger charge is 2.37. The van der Waals surface area contributed by atoms with Crippen LogP contribution in [-0.2, 0) is 38.8 Å². The van der Waals surface area contributed by atoms with Gasteiger partial charge in [-0.15, -0.1) is 0 Å². The van der Waals surface area contributed by atoms with Crippen LogP contribution in [0.3, 0.4) is 0 Å². The molecule has 0 aliphatic heterocycles. The number of nitrogens with one attached hydrogen (secondary N) is 1. The van der Waals surface area contributed by atoms with Gasteiger partial charge in [0.2, 0.25) is 11.8 Å². The predicted octanol–water partition coefficient (Wildman–Crippen LogP) is 6.86. The minimum atomic E-state index is -4.85. The van der Waals surface area contributed by atoms with Crippen LogP contribution in [0.15, 0.2) is 108 Å². The Morgan fingerprint density at radius 1 is 0.851 bits per heavy atom. The van der Waals surface area contributed by atoms with E-state index < -0.39 is 57.7 Å². The topological polar surface area (TPSA) is 86.8 Å². The summed E-state index contributed by atoms with van der Waals surface area (Å²) in [6.45, 7) is 2.19. The zero-order valence-corrected chi connectivity index (χ0v) is 27.0. The molecular formula is C34H32ClF4N3O4S. The Morgan fingerprint density at radius 3 is 2.02 bits per heavy atom. The maximum absolute atomic E-state index is 14.4. The minimum absolute atomic E-state index is 0.0160. The molecule has 0 heterocycles. The van der Waals surface area contributed by atoms with Crippen LogP contribution < -0.4 is 9.62 Å². The molecule has 0 saturated carbocycles. The molecule has 2 amide bonds. The Kier molecular flexibility index (Phi) is 11.3. The second-order valence-electron chi connectivity index (χ2n) is 11.0. The standard InChI is InChI=1S/C34H32ClF4N3O4S/c1-23(2)40-33(44)31(19-24-9-5-3-6-10-24)41(21-25-13-16-27(36)17-14-25)32(43)22-42(47(45,46)28-11-7-4-8-12-28)30-20-26(34(37,38)39)15-18-29(30)35/h3-18,20,23,31H,19,21-22H2,1-2H3,(H,40,44). The van der Waals surface area contributed by atoms with Gasteiger partial charge in [0.1, 0.15) is 18.4 Å². The molecule has 1 unspecified atom stereocenters. The summed E-state index contributed by atoms with van der Waals surface area (Å²) in [7, 11) is -4.69. The van der Waals surface area contributed by atoms with E-state index in [1.165, 1.54) is 48.5 Å². The average molecular weight is 690 g/mol. The molecule has 0 spiro atoms. The molecule has 248 valence electrons. The lowest BCUT2D eigenvalue weighted by atomic mass is 10.0. The van der Waals surface area contributed by atoms with Crippen LogP contribution in [-0.4, -0.2) is 43.8 Å². The quantitative estimate of drug-likeness (QED) is 0.165. The number of carbonyl (C=O) groups is 2. The molecule has 0 aliphatic carbocycles. The molecule has 0 radical (unpaired) electrons. The largest absolute Gasteiger partial charge is 0.416 e. The smallest absolute Gasteiger partial charge is 0.352 e. The first-order chi connectivity index (χ1) is 22.2. The second kappa shape index (κ2) is 15.0. The van der Waals surface area contributed by atoms with E-state index in [4.69, 9.17) is 11.6 Å². The Labute approximate surface area is 275 Å². The highest BCUT2D eigenvalue weighted by atomic mass is 35.5. The van der Waals surface area contributed by atoms with E-state index in [0.29, 0.717) is 27.6 Å². The fourth-order valence-electron chi connectivity index (χ4n) is 4.83. The molecule has 0 saturated heterocycles. The number of rotatable bonds is 12. The van der Waals surface area contributed by atoms with Crippen LogP contribution >= 0.6 is 11.6 Å². The van der Waals surface area contributed by atoms with Crippen LogP contribution in [0.1, 0.15) is 30.5 Å². The fraction of sp³-hybridized carbons (Fsp3) is 0.235. The molecular weight excluding hydrogens is 658 g/mol. The van der Waals surface area contributed by atoms with E-state index in [-0.39, 0.29) is 28.9 Å². The average Bonchev–Trinajstić information content (AvgIpc) is 3.02.